The second-order valence-corrected chi connectivity index (χ2v) is 4.60. The lowest BCUT2D eigenvalue weighted by Gasteiger charge is -2.05. The number of carbonyl (C=O) groups is 2. The number of nitro benzene ring substituents is 1. The molecule has 7 heteroatoms. The van der Waals surface area contributed by atoms with Gasteiger partial charge in [-0.15, -0.1) is 0 Å². The number of ketones is 2. The first-order valence-electron chi connectivity index (χ1n) is 6.28. The summed E-state index contributed by atoms with van der Waals surface area (Å²) in [4.78, 5) is 34.0. The summed E-state index contributed by atoms with van der Waals surface area (Å²) in [5.41, 5.74) is 0.304. The molecule has 2 aromatic rings. The number of rotatable bonds is 5. The quantitative estimate of drug-likeness (QED) is 0.297. The zero-order chi connectivity index (χ0) is 16.3. The average molecular weight is 295 g/mol. The Morgan fingerprint density at radius 2 is 1.73 bits per heavy atom. The molecule has 108 valence electrons. The molecule has 0 aromatic heterocycles. The summed E-state index contributed by atoms with van der Waals surface area (Å²) in [6, 6.07) is 8.95. The molecule has 0 heterocycles. The van der Waals surface area contributed by atoms with E-state index in [-0.39, 0.29) is 22.6 Å². The monoisotopic (exact) mass is 295 g/mol. The van der Waals surface area contributed by atoms with E-state index in [2.05, 4.69) is 0 Å². The predicted molar refractivity (Wildman–Crippen MR) is 79.9 cm³/mol. The van der Waals surface area contributed by atoms with Gasteiger partial charge in [0, 0.05) is 17.7 Å². The second-order valence-electron chi connectivity index (χ2n) is 4.60. The molecule has 6 nitrogen and oxygen atoms in total. The van der Waals surface area contributed by atoms with Crippen molar-refractivity contribution in [1.29, 1.82) is 0 Å². The molecule has 0 bridgehead atoms. The van der Waals surface area contributed by atoms with Crippen LogP contribution in [0.2, 0.25) is 0 Å². The minimum atomic E-state index is -0.579. The molecule has 22 heavy (non-hydrogen) atoms. The van der Waals surface area contributed by atoms with Crippen LogP contribution in [0.15, 0.2) is 42.5 Å². The van der Waals surface area contributed by atoms with Gasteiger partial charge in [-0.05, 0) is 18.2 Å². The van der Waals surface area contributed by atoms with E-state index in [9.17, 15) is 24.8 Å². The van der Waals surface area contributed by atoms with Crippen LogP contribution < -0.4 is 5.46 Å². The highest BCUT2D eigenvalue weighted by atomic mass is 16.6. The molecule has 1 N–H and O–H groups in total. The van der Waals surface area contributed by atoms with Gasteiger partial charge in [0.2, 0.25) is 0 Å². The van der Waals surface area contributed by atoms with Gasteiger partial charge in [0.1, 0.15) is 13.6 Å². The second kappa shape index (κ2) is 6.21. The van der Waals surface area contributed by atoms with E-state index in [0.717, 1.165) is 0 Å². The first-order chi connectivity index (χ1) is 10.4. The third kappa shape index (κ3) is 3.38. The Kier molecular flexibility index (Phi) is 4.36. The van der Waals surface area contributed by atoms with Crippen molar-refractivity contribution in [2.24, 2.45) is 0 Å². The number of non-ortho nitro benzene ring substituents is 1. The number of aromatic hydroxyl groups is 1. The van der Waals surface area contributed by atoms with Crippen molar-refractivity contribution >= 4 is 30.6 Å². The maximum absolute atomic E-state index is 12.0. The standard InChI is InChI=1S/C15H10BNO5/c16-10-3-6-13(18)12(7-10)15(20)8-14(19)9-1-4-11(5-2-9)17(21)22/h1-7,18H,8H2. The lowest BCUT2D eigenvalue weighted by Crippen LogP contribution is -2.12. The highest BCUT2D eigenvalue weighted by Gasteiger charge is 2.17. The zero-order valence-electron chi connectivity index (χ0n) is 11.4. The Balaban J connectivity index is 2.16. The van der Waals surface area contributed by atoms with Gasteiger partial charge in [0.15, 0.2) is 11.6 Å². The number of Topliss-reactive ketones (excluding diaryl/α,β-unsaturated/α-hetero) is 2. The number of hydrogen-bond acceptors (Lipinski definition) is 5. The maximum atomic E-state index is 12.0. The fraction of sp³-hybridized carbons (Fsp3) is 0.0667. The van der Waals surface area contributed by atoms with E-state index >= 15 is 0 Å². The molecule has 0 aliphatic rings. The van der Waals surface area contributed by atoms with Crippen molar-refractivity contribution in [3.8, 4) is 5.75 Å². The smallest absolute Gasteiger partial charge is 0.269 e. The molecule has 2 radical (unpaired) electrons. The van der Waals surface area contributed by atoms with E-state index in [1.807, 2.05) is 0 Å². The fourth-order valence-corrected chi connectivity index (χ4v) is 1.89. The molecule has 0 spiro atoms. The molecule has 2 rings (SSSR count). The van der Waals surface area contributed by atoms with Gasteiger partial charge in [-0.1, -0.05) is 17.6 Å². The Hall–Kier alpha value is -2.96. The summed E-state index contributed by atoms with van der Waals surface area (Å²) < 4.78 is 0. The molecule has 0 fully saturated rings. The van der Waals surface area contributed by atoms with Gasteiger partial charge in [0.05, 0.1) is 16.9 Å². The third-order valence-corrected chi connectivity index (χ3v) is 3.04. The van der Waals surface area contributed by atoms with Gasteiger partial charge in [-0.25, -0.2) is 0 Å². The summed E-state index contributed by atoms with van der Waals surface area (Å²) in [5, 5.41) is 20.2. The number of benzene rings is 2. The van der Waals surface area contributed by atoms with Crippen LogP contribution >= 0.6 is 0 Å². The van der Waals surface area contributed by atoms with Crippen molar-refractivity contribution < 1.29 is 19.6 Å². The number of nitrogens with zero attached hydrogens (tertiary/aromatic N) is 1. The minimum absolute atomic E-state index is 0.0322. The Morgan fingerprint density at radius 1 is 1.09 bits per heavy atom. The topological polar surface area (TPSA) is 97.5 Å². The number of carbonyl (C=O) groups excluding carboxylic acids is 2. The number of hydrogen-bond donors (Lipinski definition) is 1. The summed E-state index contributed by atoms with van der Waals surface area (Å²) in [7, 11) is 5.54. The van der Waals surface area contributed by atoms with Gasteiger partial charge >= 0.3 is 0 Å². The van der Waals surface area contributed by atoms with Crippen molar-refractivity contribution in [3.63, 3.8) is 0 Å². The van der Waals surface area contributed by atoms with Gasteiger partial charge in [-0.2, -0.15) is 0 Å². The Labute approximate surface area is 127 Å². The SMILES string of the molecule is [B]c1ccc(O)c(C(=O)CC(=O)c2ccc([N+](=O)[O-])cc2)c1. The largest absolute Gasteiger partial charge is 0.507 e. The molecule has 0 atom stereocenters. The lowest BCUT2D eigenvalue weighted by molar-refractivity contribution is -0.384. The third-order valence-electron chi connectivity index (χ3n) is 3.04. The Morgan fingerprint density at radius 3 is 2.32 bits per heavy atom. The molecule has 0 saturated carbocycles. The molecule has 0 aliphatic carbocycles. The van der Waals surface area contributed by atoms with E-state index < -0.39 is 22.9 Å². The first-order valence-corrected chi connectivity index (χ1v) is 6.28. The highest BCUT2D eigenvalue weighted by Crippen LogP contribution is 2.18. The van der Waals surface area contributed by atoms with Crippen molar-refractivity contribution in [2.75, 3.05) is 0 Å². The zero-order valence-corrected chi connectivity index (χ0v) is 11.4. The van der Waals surface area contributed by atoms with Crippen LogP contribution in [-0.2, 0) is 0 Å². The normalized spacial score (nSPS) is 10.2. The van der Waals surface area contributed by atoms with Crippen molar-refractivity contribution in [3.05, 3.63) is 63.7 Å². The highest BCUT2D eigenvalue weighted by molar-refractivity contribution is 6.33. The van der Waals surface area contributed by atoms with E-state index in [1.165, 1.54) is 42.5 Å². The van der Waals surface area contributed by atoms with Crippen LogP contribution in [0.3, 0.4) is 0 Å². The molecular weight excluding hydrogens is 285 g/mol. The van der Waals surface area contributed by atoms with E-state index in [4.69, 9.17) is 7.85 Å². The van der Waals surface area contributed by atoms with Crippen LogP contribution in [0.4, 0.5) is 5.69 Å². The van der Waals surface area contributed by atoms with E-state index in [1.54, 1.807) is 0 Å². The number of phenols is 1. The molecule has 2 aromatic carbocycles. The summed E-state index contributed by atoms with van der Waals surface area (Å²) in [6.45, 7) is 0. The number of nitro groups is 1. The first kappa shape index (κ1) is 15.4. The maximum Gasteiger partial charge on any atom is 0.269 e. The number of phenolic OH excluding ortho intramolecular Hbond substituents is 1. The fourth-order valence-electron chi connectivity index (χ4n) is 1.89. The minimum Gasteiger partial charge on any atom is -0.507 e. The summed E-state index contributed by atoms with van der Waals surface area (Å²) in [5.74, 6) is -1.33. The predicted octanol–water partition coefficient (Wildman–Crippen LogP) is 1.55. The van der Waals surface area contributed by atoms with E-state index in [0.29, 0.717) is 5.46 Å². The van der Waals surface area contributed by atoms with Crippen molar-refractivity contribution in [2.45, 2.75) is 6.42 Å². The van der Waals surface area contributed by atoms with Gasteiger partial charge < -0.3 is 5.11 Å². The van der Waals surface area contributed by atoms with Gasteiger partial charge in [-0.3, -0.25) is 19.7 Å². The van der Waals surface area contributed by atoms with Crippen LogP contribution in [0.1, 0.15) is 27.1 Å². The van der Waals surface area contributed by atoms with Crippen LogP contribution in [0.25, 0.3) is 0 Å². The molecule has 0 saturated heterocycles. The average Bonchev–Trinajstić information content (AvgIpc) is 2.49. The summed E-state index contributed by atoms with van der Waals surface area (Å²) >= 11 is 0. The van der Waals surface area contributed by atoms with Gasteiger partial charge in [0.25, 0.3) is 5.69 Å². The van der Waals surface area contributed by atoms with Crippen LogP contribution in [0, 0.1) is 10.1 Å². The Bertz CT molecular complexity index is 755. The lowest BCUT2D eigenvalue weighted by atomic mass is 9.91. The molecular formula is C15H10BNO5. The van der Waals surface area contributed by atoms with Crippen LogP contribution in [-0.4, -0.2) is 29.4 Å². The van der Waals surface area contributed by atoms with Crippen LogP contribution in [0.5, 0.6) is 5.75 Å². The molecule has 0 aliphatic heterocycles. The molecule has 0 unspecified atom stereocenters. The van der Waals surface area contributed by atoms with Crippen molar-refractivity contribution in [1.82, 2.24) is 0 Å². The molecule has 0 amide bonds. The summed E-state index contributed by atoms with van der Waals surface area (Å²) in [6.07, 6.45) is -0.463.